The summed E-state index contributed by atoms with van der Waals surface area (Å²) in [7, 11) is 0. The van der Waals surface area contributed by atoms with Crippen LogP contribution in [-0.4, -0.2) is 38.5 Å². The van der Waals surface area contributed by atoms with Crippen molar-refractivity contribution < 1.29 is 23.0 Å². The molecule has 2 N–H and O–H groups in total. The van der Waals surface area contributed by atoms with Crippen LogP contribution in [0.1, 0.15) is 25.0 Å². The average Bonchev–Trinajstić information content (AvgIpc) is 2.73. The molecule has 0 fully saturated rings. The number of aliphatic imine (C=N–C) groups is 1. The maximum atomic E-state index is 13.9. The normalized spacial score (nSPS) is 14.5. The number of halogens is 2. The summed E-state index contributed by atoms with van der Waals surface area (Å²) in [5.41, 5.74) is 1.52. The highest BCUT2D eigenvalue weighted by atomic mass is 19.1. The van der Waals surface area contributed by atoms with Crippen molar-refractivity contribution >= 4 is 5.96 Å². The second-order valence-electron chi connectivity index (χ2n) is 6.94. The highest BCUT2D eigenvalue weighted by molar-refractivity contribution is 5.79. The lowest BCUT2D eigenvalue weighted by molar-refractivity contribution is -0.0172. The van der Waals surface area contributed by atoms with E-state index in [1.54, 1.807) is 12.1 Å². The molecule has 2 aromatic carbocycles. The molecule has 0 aliphatic carbocycles. The summed E-state index contributed by atoms with van der Waals surface area (Å²) in [6, 6.07) is 8.83. The maximum Gasteiger partial charge on any atom is 0.191 e. The molecular formula is C22H27F2N3O3. The molecule has 1 heterocycles. The fourth-order valence-electron chi connectivity index (χ4n) is 3.10. The zero-order valence-electron chi connectivity index (χ0n) is 17.2. The Bertz CT molecular complexity index is 859. The summed E-state index contributed by atoms with van der Waals surface area (Å²) in [4.78, 5) is 4.53. The Kier molecular flexibility index (Phi) is 7.84. The van der Waals surface area contributed by atoms with Crippen LogP contribution in [0.4, 0.5) is 8.78 Å². The Morgan fingerprint density at radius 1 is 1.17 bits per heavy atom. The predicted molar refractivity (Wildman–Crippen MR) is 111 cm³/mol. The van der Waals surface area contributed by atoms with E-state index >= 15 is 0 Å². The molecule has 0 saturated carbocycles. The van der Waals surface area contributed by atoms with Crippen LogP contribution in [0.25, 0.3) is 0 Å². The first-order chi connectivity index (χ1) is 14.5. The van der Waals surface area contributed by atoms with E-state index in [1.165, 1.54) is 24.3 Å². The molecule has 3 rings (SSSR count). The lowest BCUT2D eigenvalue weighted by atomic mass is 10.1. The molecule has 162 valence electrons. The monoisotopic (exact) mass is 419 g/mol. The predicted octanol–water partition coefficient (Wildman–Crippen LogP) is 3.40. The fraction of sp³-hybridized carbons (Fsp3) is 0.409. The largest absolute Gasteiger partial charge is 0.489 e. The van der Waals surface area contributed by atoms with Gasteiger partial charge < -0.3 is 24.8 Å². The Morgan fingerprint density at radius 2 is 1.97 bits per heavy atom. The van der Waals surface area contributed by atoms with E-state index in [0.717, 1.165) is 11.1 Å². The van der Waals surface area contributed by atoms with Crippen molar-refractivity contribution in [3.63, 3.8) is 0 Å². The number of nitrogens with zero attached hydrogens (tertiary/aromatic N) is 1. The van der Waals surface area contributed by atoms with Gasteiger partial charge >= 0.3 is 0 Å². The summed E-state index contributed by atoms with van der Waals surface area (Å²) in [5, 5.41) is 6.42. The molecule has 1 aliphatic heterocycles. The second-order valence-corrected chi connectivity index (χ2v) is 6.94. The molecule has 8 heteroatoms. The van der Waals surface area contributed by atoms with Crippen LogP contribution in [0.5, 0.6) is 11.5 Å². The number of hydrogen-bond donors (Lipinski definition) is 2. The SMILES string of the molecule is CCNC(=NCC(C)Oc1ccc(F)cc1)NCCc1cc(F)cc2c1OCOC2. The molecule has 30 heavy (non-hydrogen) atoms. The Hall–Kier alpha value is -2.87. The smallest absolute Gasteiger partial charge is 0.191 e. The quantitative estimate of drug-likeness (QED) is 0.507. The average molecular weight is 419 g/mol. The minimum absolute atomic E-state index is 0.176. The van der Waals surface area contributed by atoms with Gasteiger partial charge in [-0.25, -0.2) is 13.8 Å². The van der Waals surface area contributed by atoms with E-state index < -0.39 is 0 Å². The third-order valence-electron chi connectivity index (χ3n) is 4.44. The molecule has 0 amide bonds. The van der Waals surface area contributed by atoms with Gasteiger partial charge in [-0.2, -0.15) is 0 Å². The van der Waals surface area contributed by atoms with Gasteiger partial charge in [-0.1, -0.05) is 0 Å². The van der Waals surface area contributed by atoms with Crippen molar-refractivity contribution in [1.29, 1.82) is 0 Å². The molecular weight excluding hydrogens is 392 g/mol. The fourth-order valence-corrected chi connectivity index (χ4v) is 3.10. The van der Waals surface area contributed by atoms with Gasteiger partial charge in [0.1, 0.15) is 29.2 Å². The molecule has 0 bridgehead atoms. The standard InChI is InChI=1S/C22H27F2N3O3/c1-3-25-22(27-12-15(2)30-20-6-4-18(23)5-7-20)26-9-8-16-10-19(24)11-17-13-28-14-29-21(16)17/h4-7,10-11,15H,3,8-9,12-14H2,1-2H3,(H2,25,26,27). The number of nitrogens with one attached hydrogen (secondary N) is 2. The van der Waals surface area contributed by atoms with Crippen LogP contribution < -0.4 is 20.1 Å². The molecule has 1 aliphatic rings. The molecule has 0 aromatic heterocycles. The second kappa shape index (κ2) is 10.8. The minimum Gasteiger partial charge on any atom is -0.489 e. The molecule has 6 nitrogen and oxygen atoms in total. The highest BCUT2D eigenvalue weighted by Crippen LogP contribution is 2.29. The first-order valence-electron chi connectivity index (χ1n) is 10.0. The van der Waals surface area contributed by atoms with Gasteiger partial charge in [0.05, 0.1) is 13.2 Å². The third-order valence-corrected chi connectivity index (χ3v) is 4.44. The summed E-state index contributed by atoms with van der Waals surface area (Å²) in [6.07, 6.45) is 0.390. The number of guanidine groups is 1. The summed E-state index contributed by atoms with van der Waals surface area (Å²) >= 11 is 0. The number of ether oxygens (including phenoxy) is 3. The zero-order valence-corrected chi connectivity index (χ0v) is 17.2. The van der Waals surface area contributed by atoms with Crippen LogP contribution >= 0.6 is 0 Å². The topological polar surface area (TPSA) is 64.1 Å². The maximum absolute atomic E-state index is 13.9. The molecule has 0 spiro atoms. The van der Waals surface area contributed by atoms with E-state index in [0.29, 0.717) is 50.1 Å². The van der Waals surface area contributed by atoms with E-state index in [-0.39, 0.29) is 24.5 Å². The lowest BCUT2D eigenvalue weighted by Gasteiger charge is -2.21. The van der Waals surface area contributed by atoms with E-state index in [9.17, 15) is 8.78 Å². The first-order valence-corrected chi connectivity index (χ1v) is 10.0. The van der Waals surface area contributed by atoms with Gasteiger partial charge in [0, 0.05) is 18.7 Å². The number of benzene rings is 2. The van der Waals surface area contributed by atoms with E-state index in [1.807, 2.05) is 13.8 Å². The number of fused-ring (bicyclic) bond motifs is 1. The van der Waals surface area contributed by atoms with Gasteiger partial charge in [0.2, 0.25) is 0 Å². The van der Waals surface area contributed by atoms with Crippen molar-refractivity contribution in [3.05, 3.63) is 59.2 Å². The lowest BCUT2D eigenvalue weighted by Crippen LogP contribution is -2.39. The van der Waals surface area contributed by atoms with Crippen molar-refractivity contribution in [2.24, 2.45) is 4.99 Å². The first kappa shape index (κ1) is 21.8. The summed E-state index contributed by atoms with van der Waals surface area (Å²) in [5.74, 6) is 1.33. The van der Waals surface area contributed by atoms with Gasteiger partial charge in [-0.05, 0) is 62.2 Å². The van der Waals surface area contributed by atoms with Crippen LogP contribution in [0, 0.1) is 11.6 Å². The molecule has 0 saturated heterocycles. The summed E-state index contributed by atoms with van der Waals surface area (Å²) in [6.45, 7) is 6.08. The van der Waals surface area contributed by atoms with Gasteiger partial charge in [-0.15, -0.1) is 0 Å². The van der Waals surface area contributed by atoms with Crippen LogP contribution in [0.15, 0.2) is 41.4 Å². The highest BCUT2D eigenvalue weighted by Gasteiger charge is 2.16. The van der Waals surface area contributed by atoms with Crippen molar-refractivity contribution in [1.82, 2.24) is 10.6 Å². The summed E-state index contributed by atoms with van der Waals surface area (Å²) < 4.78 is 43.4. The van der Waals surface area contributed by atoms with Gasteiger partial charge in [0.15, 0.2) is 12.8 Å². The molecule has 2 aromatic rings. The van der Waals surface area contributed by atoms with Crippen LogP contribution in [-0.2, 0) is 17.8 Å². The van der Waals surface area contributed by atoms with E-state index in [4.69, 9.17) is 14.2 Å². The van der Waals surface area contributed by atoms with Crippen molar-refractivity contribution in [2.75, 3.05) is 26.4 Å². The van der Waals surface area contributed by atoms with Crippen LogP contribution in [0.3, 0.4) is 0 Å². The molecule has 0 radical (unpaired) electrons. The molecule has 1 atom stereocenters. The van der Waals surface area contributed by atoms with Crippen molar-refractivity contribution in [3.8, 4) is 11.5 Å². The van der Waals surface area contributed by atoms with Gasteiger partial charge in [0.25, 0.3) is 0 Å². The number of hydrogen-bond acceptors (Lipinski definition) is 4. The zero-order chi connectivity index (χ0) is 21.3. The van der Waals surface area contributed by atoms with E-state index in [2.05, 4.69) is 15.6 Å². The Morgan fingerprint density at radius 3 is 2.73 bits per heavy atom. The Labute approximate surface area is 175 Å². The third kappa shape index (κ3) is 6.32. The minimum atomic E-state index is -0.302. The van der Waals surface area contributed by atoms with Gasteiger partial charge in [-0.3, -0.25) is 0 Å². The Balaban J connectivity index is 1.54. The number of rotatable bonds is 8. The molecule has 1 unspecified atom stereocenters. The van der Waals surface area contributed by atoms with Crippen LogP contribution in [0.2, 0.25) is 0 Å². The van der Waals surface area contributed by atoms with Crippen molar-refractivity contribution in [2.45, 2.75) is 33.0 Å².